The van der Waals surface area contributed by atoms with Crippen molar-refractivity contribution in [2.75, 3.05) is 6.61 Å². The number of hydrogen-bond acceptors (Lipinski definition) is 2. The van der Waals surface area contributed by atoms with Crippen LogP contribution in [0.3, 0.4) is 0 Å². The molecular weight excluding hydrogens is 272 g/mol. The standard InChI is InChI=1S/C16H21ClN2O/c1-5-8-20-13-6-7-15-14(9-13)18-16(12(4)17)19(15)10-11(2)3/h6-7,9,12H,2,5,8,10H2,1,3-4H3. The van der Waals surface area contributed by atoms with Gasteiger partial charge in [0.1, 0.15) is 11.6 Å². The van der Waals surface area contributed by atoms with Crippen LogP contribution < -0.4 is 4.74 Å². The molecule has 0 spiro atoms. The van der Waals surface area contributed by atoms with Gasteiger partial charge in [0.25, 0.3) is 0 Å². The molecule has 3 nitrogen and oxygen atoms in total. The van der Waals surface area contributed by atoms with E-state index in [0.717, 1.165) is 47.8 Å². The SMILES string of the molecule is C=C(C)Cn1c(C(C)Cl)nc2cc(OCCC)ccc21. The minimum atomic E-state index is -0.137. The molecule has 0 fully saturated rings. The van der Waals surface area contributed by atoms with Crippen LogP contribution in [0.25, 0.3) is 11.0 Å². The van der Waals surface area contributed by atoms with Crippen LogP contribution in [-0.2, 0) is 6.54 Å². The van der Waals surface area contributed by atoms with Crippen molar-refractivity contribution < 1.29 is 4.74 Å². The van der Waals surface area contributed by atoms with E-state index in [1.165, 1.54) is 0 Å². The number of hydrogen-bond donors (Lipinski definition) is 0. The Morgan fingerprint density at radius 2 is 2.25 bits per heavy atom. The third-order valence-electron chi connectivity index (χ3n) is 3.01. The summed E-state index contributed by atoms with van der Waals surface area (Å²) in [4.78, 5) is 4.64. The number of halogens is 1. The van der Waals surface area contributed by atoms with Gasteiger partial charge in [0.2, 0.25) is 0 Å². The molecule has 0 aliphatic rings. The van der Waals surface area contributed by atoms with Crippen LogP contribution >= 0.6 is 11.6 Å². The molecule has 1 unspecified atom stereocenters. The van der Waals surface area contributed by atoms with Gasteiger partial charge in [0.15, 0.2) is 0 Å². The van der Waals surface area contributed by atoms with Gasteiger partial charge >= 0.3 is 0 Å². The van der Waals surface area contributed by atoms with Crippen molar-refractivity contribution in [3.05, 3.63) is 36.2 Å². The Labute approximate surface area is 125 Å². The summed E-state index contributed by atoms with van der Waals surface area (Å²) < 4.78 is 7.78. The van der Waals surface area contributed by atoms with Gasteiger partial charge in [0.05, 0.1) is 23.0 Å². The molecule has 0 radical (unpaired) electrons. The summed E-state index contributed by atoms with van der Waals surface area (Å²) in [7, 11) is 0. The summed E-state index contributed by atoms with van der Waals surface area (Å²) >= 11 is 6.24. The number of fused-ring (bicyclic) bond motifs is 1. The predicted molar refractivity (Wildman–Crippen MR) is 84.6 cm³/mol. The van der Waals surface area contributed by atoms with Crippen molar-refractivity contribution in [1.29, 1.82) is 0 Å². The molecular formula is C16H21ClN2O. The summed E-state index contributed by atoms with van der Waals surface area (Å²) in [6.45, 7) is 11.5. The number of alkyl halides is 1. The van der Waals surface area contributed by atoms with Crippen LogP contribution in [0.4, 0.5) is 0 Å². The lowest BCUT2D eigenvalue weighted by Crippen LogP contribution is -2.05. The maximum atomic E-state index is 6.24. The van der Waals surface area contributed by atoms with Crippen molar-refractivity contribution in [2.45, 2.75) is 39.1 Å². The van der Waals surface area contributed by atoms with Crippen molar-refractivity contribution in [3.63, 3.8) is 0 Å². The molecule has 1 atom stereocenters. The zero-order valence-corrected chi connectivity index (χ0v) is 13.1. The highest BCUT2D eigenvalue weighted by Gasteiger charge is 2.15. The Hall–Kier alpha value is -1.48. The molecule has 20 heavy (non-hydrogen) atoms. The molecule has 108 valence electrons. The lowest BCUT2D eigenvalue weighted by Gasteiger charge is -2.10. The summed E-state index contributed by atoms with van der Waals surface area (Å²) in [6, 6.07) is 6.00. The Kier molecular flexibility index (Phi) is 4.71. The second kappa shape index (κ2) is 6.31. The number of ether oxygens (including phenoxy) is 1. The van der Waals surface area contributed by atoms with Gasteiger partial charge in [-0.05, 0) is 32.4 Å². The van der Waals surface area contributed by atoms with E-state index in [1.54, 1.807) is 0 Å². The van der Waals surface area contributed by atoms with Gasteiger partial charge in [-0.3, -0.25) is 0 Å². The van der Waals surface area contributed by atoms with E-state index in [1.807, 2.05) is 32.0 Å². The van der Waals surface area contributed by atoms with Crippen LogP contribution in [0.2, 0.25) is 0 Å². The highest BCUT2D eigenvalue weighted by Crippen LogP contribution is 2.27. The van der Waals surface area contributed by atoms with Crippen LogP contribution in [-0.4, -0.2) is 16.2 Å². The van der Waals surface area contributed by atoms with Crippen LogP contribution in [0.15, 0.2) is 30.4 Å². The van der Waals surface area contributed by atoms with Gasteiger partial charge in [-0.2, -0.15) is 0 Å². The fraction of sp³-hybridized carbons (Fsp3) is 0.438. The smallest absolute Gasteiger partial charge is 0.128 e. The number of benzene rings is 1. The first-order valence-electron chi connectivity index (χ1n) is 6.94. The molecule has 0 saturated heterocycles. The van der Waals surface area contributed by atoms with E-state index >= 15 is 0 Å². The number of nitrogens with zero attached hydrogens (tertiary/aromatic N) is 2. The first-order valence-corrected chi connectivity index (χ1v) is 7.38. The highest BCUT2D eigenvalue weighted by molar-refractivity contribution is 6.20. The molecule has 0 N–H and O–H groups in total. The second-order valence-electron chi connectivity index (χ2n) is 5.13. The minimum Gasteiger partial charge on any atom is -0.494 e. The van der Waals surface area contributed by atoms with Crippen LogP contribution in [0, 0.1) is 0 Å². The number of imidazole rings is 1. The lowest BCUT2D eigenvalue weighted by atomic mass is 10.2. The summed E-state index contributed by atoms with van der Waals surface area (Å²) in [5.74, 6) is 1.73. The molecule has 1 aromatic heterocycles. The summed E-state index contributed by atoms with van der Waals surface area (Å²) in [6.07, 6.45) is 0.992. The second-order valence-corrected chi connectivity index (χ2v) is 5.78. The average molecular weight is 293 g/mol. The average Bonchev–Trinajstić information content (AvgIpc) is 2.74. The van der Waals surface area contributed by atoms with Gasteiger partial charge in [-0.1, -0.05) is 19.1 Å². The summed E-state index contributed by atoms with van der Waals surface area (Å²) in [5.41, 5.74) is 3.07. The summed E-state index contributed by atoms with van der Waals surface area (Å²) in [5, 5.41) is -0.137. The number of allylic oxidation sites excluding steroid dienone is 1. The first-order chi connectivity index (χ1) is 9.52. The maximum absolute atomic E-state index is 6.24. The minimum absolute atomic E-state index is 0.137. The van der Waals surface area contributed by atoms with E-state index in [-0.39, 0.29) is 5.38 Å². The predicted octanol–water partition coefficient (Wildman–Crippen LogP) is 4.70. The van der Waals surface area contributed by atoms with E-state index in [2.05, 4.69) is 23.1 Å². The molecule has 0 aliphatic carbocycles. The van der Waals surface area contributed by atoms with E-state index < -0.39 is 0 Å². The van der Waals surface area contributed by atoms with Gasteiger partial charge < -0.3 is 9.30 Å². The van der Waals surface area contributed by atoms with Gasteiger partial charge in [-0.15, -0.1) is 11.6 Å². The molecule has 2 aromatic rings. The lowest BCUT2D eigenvalue weighted by molar-refractivity contribution is 0.318. The zero-order valence-electron chi connectivity index (χ0n) is 12.3. The van der Waals surface area contributed by atoms with Gasteiger partial charge in [0, 0.05) is 12.6 Å². The monoisotopic (exact) mass is 292 g/mol. The molecule has 0 aliphatic heterocycles. The van der Waals surface area contributed by atoms with Crippen molar-refractivity contribution in [3.8, 4) is 5.75 Å². The fourth-order valence-electron chi connectivity index (χ4n) is 2.18. The molecule has 4 heteroatoms. The molecule has 1 aromatic carbocycles. The molecule has 0 bridgehead atoms. The highest BCUT2D eigenvalue weighted by atomic mass is 35.5. The van der Waals surface area contributed by atoms with Crippen molar-refractivity contribution >= 4 is 22.6 Å². The Balaban J connectivity index is 2.47. The largest absolute Gasteiger partial charge is 0.494 e. The first kappa shape index (κ1) is 14.9. The maximum Gasteiger partial charge on any atom is 0.128 e. The van der Waals surface area contributed by atoms with E-state index in [0.29, 0.717) is 0 Å². The Morgan fingerprint density at radius 1 is 1.50 bits per heavy atom. The van der Waals surface area contributed by atoms with Crippen molar-refractivity contribution in [1.82, 2.24) is 9.55 Å². The molecule has 0 saturated carbocycles. The van der Waals surface area contributed by atoms with E-state index in [4.69, 9.17) is 16.3 Å². The number of aromatic nitrogens is 2. The van der Waals surface area contributed by atoms with Crippen LogP contribution in [0.5, 0.6) is 5.75 Å². The quantitative estimate of drug-likeness (QED) is 0.570. The van der Waals surface area contributed by atoms with E-state index in [9.17, 15) is 0 Å². The molecule has 1 heterocycles. The Bertz CT molecular complexity index is 616. The molecule has 2 rings (SSSR count). The Morgan fingerprint density at radius 3 is 2.85 bits per heavy atom. The molecule has 0 amide bonds. The van der Waals surface area contributed by atoms with Crippen LogP contribution in [0.1, 0.15) is 38.4 Å². The van der Waals surface area contributed by atoms with Crippen molar-refractivity contribution in [2.24, 2.45) is 0 Å². The normalized spacial score (nSPS) is 12.6. The topological polar surface area (TPSA) is 27.1 Å². The van der Waals surface area contributed by atoms with Gasteiger partial charge in [-0.25, -0.2) is 4.98 Å². The fourth-order valence-corrected chi connectivity index (χ4v) is 2.34. The number of rotatable bonds is 6. The zero-order chi connectivity index (χ0) is 14.7. The third-order valence-corrected chi connectivity index (χ3v) is 3.20. The third kappa shape index (κ3) is 3.15.